The molecular formula is C16H13BrN2O3S. The Morgan fingerprint density at radius 3 is 2.48 bits per heavy atom. The normalized spacial score (nSPS) is 12.2. The Labute approximate surface area is 143 Å². The fraction of sp³-hybridized carbons (Fsp3) is 0.125. The molecule has 7 heteroatoms. The topological polar surface area (TPSA) is 76.2 Å². The fourth-order valence-electron chi connectivity index (χ4n) is 2.00. The van der Waals surface area contributed by atoms with Crippen molar-refractivity contribution in [1.29, 1.82) is 0 Å². The molecule has 0 aliphatic rings. The van der Waals surface area contributed by atoms with E-state index in [4.69, 9.17) is 4.52 Å². The third-order valence-corrected chi connectivity index (χ3v) is 4.99. The van der Waals surface area contributed by atoms with Crippen LogP contribution in [0.5, 0.6) is 5.75 Å². The molecule has 5 nitrogen and oxygen atoms in total. The largest absolute Gasteiger partial charge is 0.508 e. The van der Waals surface area contributed by atoms with Gasteiger partial charge in [0.15, 0.2) is 5.82 Å². The Hall–Kier alpha value is -1.99. The number of rotatable bonds is 5. The molecule has 0 saturated heterocycles. The van der Waals surface area contributed by atoms with E-state index in [9.17, 15) is 9.32 Å². The van der Waals surface area contributed by atoms with Gasteiger partial charge in [-0.15, -0.1) is 0 Å². The maximum absolute atomic E-state index is 12.2. The van der Waals surface area contributed by atoms with E-state index < -0.39 is 10.8 Å². The van der Waals surface area contributed by atoms with Crippen LogP contribution in [0.1, 0.15) is 17.3 Å². The number of hydrogen-bond acceptors (Lipinski definition) is 5. The van der Waals surface area contributed by atoms with Crippen LogP contribution in [0.4, 0.5) is 0 Å². The molecule has 0 aliphatic carbocycles. The maximum atomic E-state index is 12.2. The lowest BCUT2D eigenvalue weighted by molar-refractivity contribution is 0.381. The number of phenols is 1. The molecule has 1 atom stereocenters. The van der Waals surface area contributed by atoms with Gasteiger partial charge in [-0.25, -0.2) is 0 Å². The molecule has 3 rings (SSSR count). The number of nitrogens with zero attached hydrogens (tertiary/aromatic N) is 2. The molecule has 3 aromatic rings. The Morgan fingerprint density at radius 2 is 1.78 bits per heavy atom. The minimum Gasteiger partial charge on any atom is -0.508 e. The number of benzene rings is 2. The third kappa shape index (κ3) is 4.27. The van der Waals surface area contributed by atoms with E-state index in [1.165, 1.54) is 12.1 Å². The monoisotopic (exact) mass is 392 g/mol. The van der Waals surface area contributed by atoms with Crippen molar-refractivity contribution < 1.29 is 13.8 Å². The summed E-state index contributed by atoms with van der Waals surface area (Å²) < 4.78 is 18.5. The molecule has 118 valence electrons. The van der Waals surface area contributed by atoms with Gasteiger partial charge >= 0.3 is 0 Å². The Kier molecular flexibility index (Phi) is 4.88. The predicted molar refractivity (Wildman–Crippen MR) is 89.5 cm³/mol. The summed E-state index contributed by atoms with van der Waals surface area (Å²) in [5.41, 5.74) is 1.06. The lowest BCUT2D eigenvalue weighted by Gasteiger charge is -1.99. The molecule has 1 N–H and O–H groups in total. The van der Waals surface area contributed by atoms with E-state index in [1.54, 1.807) is 12.1 Å². The van der Waals surface area contributed by atoms with Crippen LogP contribution < -0.4 is 0 Å². The summed E-state index contributed by atoms with van der Waals surface area (Å²) >= 11 is 3.39. The molecule has 0 radical (unpaired) electrons. The number of aromatic nitrogens is 2. The average molecular weight is 393 g/mol. The van der Waals surface area contributed by atoms with E-state index in [2.05, 4.69) is 26.1 Å². The number of aromatic hydroxyl groups is 1. The average Bonchev–Trinajstić information content (AvgIpc) is 2.97. The molecule has 2 aromatic carbocycles. The molecule has 1 heterocycles. The second kappa shape index (κ2) is 7.06. The standard InChI is InChI=1S/C16H13BrN2O3S/c17-12-3-1-11(2-4-12)9-16-18-15(19-22-16)10-23(21)14-7-5-13(20)6-8-14/h1-8,20H,9-10H2/t23-/m1/s1. The van der Waals surface area contributed by atoms with Crippen LogP contribution in [0.2, 0.25) is 0 Å². The molecule has 0 bridgehead atoms. The summed E-state index contributed by atoms with van der Waals surface area (Å²) in [5.74, 6) is 1.21. The maximum Gasteiger partial charge on any atom is 0.231 e. The zero-order valence-corrected chi connectivity index (χ0v) is 14.4. The first-order chi connectivity index (χ1) is 11.1. The number of hydrogen-bond donors (Lipinski definition) is 1. The molecular weight excluding hydrogens is 380 g/mol. The molecule has 1 aromatic heterocycles. The number of phenolic OH excluding ortho intramolecular Hbond substituents is 1. The van der Waals surface area contributed by atoms with Gasteiger partial charge in [-0.2, -0.15) is 4.98 Å². The van der Waals surface area contributed by atoms with Gasteiger partial charge in [0.1, 0.15) is 5.75 Å². The zero-order chi connectivity index (χ0) is 16.2. The second-order valence-electron chi connectivity index (χ2n) is 4.89. The van der Waals surface area contributed by atoms with Crippen LogP contribution in [-0.4, -0.2) is 19.5 Å². The van der Waals surface area contributed by atoms with Crippen LogP contribution >= 0.6 is 15.9 Å². The Balaban J connectivity index is 1.66. The van der Waals surface area contributed by atoms with Gasteiger partial charge in [0.05, 0.1) is 23.0 Å². The first-order valence-corrected chi connectivity index (χ1v) is 8.94. The summed E-state index contributed by atoms with van der Waals surface area (Å²) in [6.07, 6.45) is 0.534. The van der Waals surface area contributed by atoms with Crippen molar-refractivity contribution in [2.45, 2.75) is 17.1 Å². The van der Waals surface area contributed by atoms with E-state index >= 15 is 0 Å². The highest BCUT2D eigenvalue weighted by Crippen LogP contribution is 2.16. The van der Waals surface area contributed by atoms with Crippen molar-refractivity contribution in [1.82, 2.24) is 10.1 Å². The highest BCUT2D eigenvalue weighted by Gasteiger charge is 2.12. The van der Waals surface area contributed by atoms with E-state index in [0.717, 1.165) is 10.0 Å². The quantitative estimate of drug-likeness (QED) is 0.719. The highest BCUT2D eigenvalue weighted by atomic mass is 79.9. The molecule has 0 aliphatic heterocycles. The van der Waals surface area contributed by atoms with Crippen LogP contribution in [0.3, 0.4) is 0 Å². The molecule has 0 unspecified atom stereocenters. The molecule has 0 saturated carbocycles. The summed E-state index contributed by atoms with van der Waals surface area (Å²) in [6, 6.07) is 14.1. The number of halogens is 1. The van der Waals surface area contributed by atoms with Crippen molar-refractivity contribution >= 4 is 26.7 Å². The lowest BCUT2D eigenvalue weighted by Crippen LogP contribution is -1.98. The summed E-state index contributed by atoms with van der Waals surface area (Å²) in [5, 5.41) is 13.1. The van der Waals surface area contributed by atoms with Crippen LogP contribution in [0.25, 0.3) is 0 Å². The van der Waals surface area contributed by atoms with Gasteiger partial charge in [0.2, 0.25) is 5.89 Å². The second-order valence-corrected chi connectivity index (χ2v) is 7.26. The third-order valence-electron chi connectivity index (χ3n) is 3.14. The van der Waals surface area contributed by atoms with Crippen molar-refractivity contribution in [3.05, 3.63) is 70.3 Å². The smallest absolute Gasteiger partial charge is 0.231 e. The molecule has 0 fully saturated rings. The van der Waals surface area contributed by atoms with Gasteiger partial charge in [-0.3, -0.25) is 4.21 Å². The van der Waals surface area contributed by atoms with Crippen LogP contribution in [0.15, 0.2) is 62.4 Å². The molecule has 0 amide bonds. The first-order valence-electron chi connectivity index (χ1n) is 6.83. The summed E-state index contributed by atoms with van der Waals surface area (Å²) in [4.78, 5) is 4.89. The molecule has 23 heavy (non-hydrogen) atoms. The summed E-state index contributed by atoms with van der Waals surface area (Å²) in [6.45, 7) is 0. The predicted octanol–water partition coefficient (Wildman–Crippen LogP) is 3.44. The minimum absolute atomic E-state index is 0.141. The van der Waals surface area contributed by atoms with Crippen molar-refractivity contribution in [3.63, 3.8) is 0 Å². The van der Waals surface area contributed by atoms with E-state index in [1.807, 2.05) is 24.3 Å². The van der Waals surface area contributed by atoms with Crippen molar-refractivity contribution in [3.8, 4) is 5.75 Å². The fourth-order valence-corrected chi connectivity index (χ4v) is 3.22. The van der Waals surface area contributed by atoms with Gasteiger partial charge in [0.25, 0.3) is 0 Å². The highest BCUT2D eigenvalue weighted by molar-refractivity contribution is 9.10. The van der Waals surface area contributed by atoms with Gasteiger partial charge in [-0.05, 0) is 42.0 Å². The van der Waals surface area contributed by atoms with E-state index in [0.29, 0.717) is 23.0 Å². The van der Waals surface area contributed by atoms with Crippen LogP contribution in [0, 0.1) is 0 Å². The van der Waals surface area contributed by atoms with Crippen molar-refractivity contribution in [2.75, 3.05) is 0 Å². The Bertz CT molecular complexity index is 816. The SMILES string of the molecule is O=[S@](Cc1noc(Cc2ccc(Br)cc2)n1)c1ccc(O)cc1. The first kappa shape index (κ1) is 15.9. The lowest BCUT2D eigenvalue weighted by atomic mass is 10.1. The summed E-state index contributed by atoms with van der Waals surface area (Å²) in [7, 11) is -1.28. The van der Waals surface area contributed by atoms with Crippen LogP contribution in [-0.2, 0) is 23.0 Å². The van der Waals surface area contributed by atoms with Crippen molar-refractivity contribution in [2.24, 2.45) is 0 Å². The minimum atomic E-state index is -1.28. The van der Waals surface area contributed by atoms with E-state index in [-0.39, 0.29) is 11.5 Å². The Morgan fingerprint density at radius 1 is 1.09 bits per heavy atom. The molecule has 0 spiro atoms. The van der Waals surface area contributed by atoms with Gasteiger partial charge in [0, 0.05) is 9.37 Å². The van der Waals surface area contributed by atoms with Gasteiger partial charge < -0.3 is 9.63 Å². The zero-order valence-electron chi connectivity index (χ0n) is 12.0. The van der Waals surface area contributed by atoms with Gasteiger partial charge in [-0.1, -0.05) is 33.2 Å².